The zero-order valence-corrected chi connectivity index (χ0v) is 13.4. The Balaban J connectivity index is 1.90. The average molecular weight is 306 g/mol. The fraction of sp³-hybridized carbons (Fsp3) is 0.529. The van der Waals surface area contributed by atoms with E-state index in [0.29, 0.717) is 31.7 Å². The summed E-state index contributed by atoms with van der Waals surface area (Å²) in [4.78, 5) is 28.0. The summed E-state index contributed by atoms with van der Waals surface area (Å²) in [6.07, 6.45) is 0.0693. The van der Waals surface area contributed by atoms with E-state index in [4.69, 9.17) is 0 Å². The molecule has 0 atom stereocenters. The van der Waals surface area contributed by atoms with Crippen LogP contribution < -0.4 is 0 Å². The van der Waals surface area contributed by atoms with E-state index in [2.05, 4.69) is 0 Å². The van der Waals surface area contributed by atoms with Crippen LogP contribution in [0, 0.1) is 11.2 Å². The number of halogens is 1. The Bertz CT molecular complexity index is 558. The highest BCUT2D eigenvalue weighted by Crippen LogP contribution is 2.19. The van der Waals surface area contributed by atoms with E-state index in [1.807, 2.05) is 20.8 Å². The third-order valence-corrected chi connectivity index (χ3v) is 3.86. The SMILES string of the molecule is CC(C)(C)C(=O)N1CCN(C(=O)Cc2ccccc2F)CC1. The minimum Gasteiger partial charge on any atom is -0.339 e. The minimum absolute atomic E-state index is 0.0693. The number of rotatable bonds is 2. The lowest BCUT2D eigenvalue weighted by Gasteiger charge is -2.37. The van der Waals surface area contributed by atoms with Crippen molar-refractivity contribution in [1.82, 2.24) is 9.80 Å². The molecule has 1 aromatic carbocycles. The molecule has 1 fully saturated rings. The molecule has 1 saturated heterocycles. The molecule has 0 bridgehead atoms. The van der Waals surface area contributed by atoms with Gasteiger partial charge in [0.05, 0.1) is 6.42 Å². The van der Waals surface area contributed by atoms with Gasteiger partial charge in [-0.1, -0.05) is 39.0 Å². The molecule has 5 heteroatoms. The Morgan fingerprint density at radius 3 is 2.14 bits per heavy atom. The largest absolute Gasteiger partial charge is 0.339 e. The fourth-order valence-electron chi connectivity index (χ4n) is 2.55. The predicted molar refractivity (Wildman–Crippen MR) is 82.7 cm³/mol. The van der Waals surface area contributed by atoms with Crippen molar-refractivity contribution in [1.29, 1.82) is 0 Å². The van der Waals surface area contributed by atoms with Crippen LogP contribution in [-0.2, 0) is 16.0 Å². The lowest BCUT2D eigenvalue weighted by atomic mass is 9.94. The first-order chi connectivity index (χ1) is 10.3. The number of piperazine rings is 1. The van der Waals surface area contributed by atoms with E-state index in [-0.39, 0.29) is 24.1 Å². The Kier molecular flexibility index (Phi) is 4.84. The van der Waals surface area contributed by atoms with Crippen LogP contribution >= 0.6 is 0 Å². The summed E-state index contributed by atoms with van der Waals surface area (Å²) in [5.41, 5.74) is 0.0139. The Labute approximate surface area is 130 Å². The first-order valence-electron chi connectivity index (χ1n) is 7.59. The first-order valence-corrected chi connectivity index (χ1v) is 7.59. The zero-order valence-electron chi connectivity index (χ0n) is 13.4. The van der Waals surface area contributed by atoms with E-state index in [0.717, 1.165) is 0 Å². The van der Waals surface area contributed by atoms with Crippen molar-refractivity contribution in [3.63, 3.8) is 0 Å². The molecule has 0 saturated carbocycles. The predicted octanol–water partition coefficient (Wildman–Crippen LogP) is 2.09. The number of amides is 2. The molecular formula is C17H23FN2O2. The van der Waals surface area contributed by atoms with Gasteiger partial charge in [0.1, 0.15) is 5.82 Å². The van der Waals surface area contributed by atoms with Gasteiger partial charge in [-0.25, -0.2) is 4.39 Å². The summed E-state index contributed by atoms with van der Waals surface area (Å²) in [5.74, 6) is -0.334. The third-order valence-electron chi connectivity index (χ3n) is 3.86. The molecule has 1 heterocycles. The normalized spacial score (nSPS) is 15.8. The maximum atomic E-state index is 13.6. The van der Waals surface area contributed by atoms with Gasteiger partial charge in [-0.2, -0.15) is 0 Å². The van der Waals surface area contributed by atoms with Gasteiger partial charge in [0.2, 0.25) is 11.8 Å². The van der Waals surface area contributed by atoms with Gasteiger partial charge >= 0.3 is 0 Å². The number of carbonyl (C=O) groups is 2. The van der Waals surface area contributed by atoms with Crippen LogP contribution in [-0.4, -0.2) is 47.8 Å². The number of hydrogen-bond acceptors (Lipinski definition) is 2. The second-order valence-electron chi connectivity index (χ2n) is 6.69. The van der Waals surface area contributed by atoms with Crippen molar-refractivity contribution < 1.29 is 14.0 Å². The number of hydrogen-bond donors (Lipinski definition) is 0. The Hall–Kier alpha value is -1.91. The quantitative estimate of drug-likeness (QED) is 0.839. The van der Waals surface area contributed by atoms with Crippen molar-refractivity contribution in [2.24, 2.45) is 5.41 Å². The van der Waals surface area contributed by atoms with Gasteiger partial charge in [-0.15, -0.1) is 0 Å². The molecule has 0 radical (unpaired) electrons. The molecule has 4 nitrogen and oxygen atoms in total. The second-order valence-corrected chi connectivity index (χ2v) is 6.69. The summed E-state index contributed by atoms with van der Waals surface area (Å²) >= 11 is 0. The van der Waals surface area contributed by atoms with Crippen molar-refractivity contribution >= 4 is 11.8 Å². The second kappa shape index (κ2) is 6.46. The minimum atomic E-state index is -0.403. The van der Waals surface area contributed by atoms with E-state index >= 15 is 0 Å². The van der Waals surface area contributed by atoms with Gasteiger partial charge in [0, 0.05) is 31.6 Å². The highest BCUT2D eigenvalue weighted by Gasteiger charge is 2.30. The van der Waals surface area contributed by atoms with Crippen LogP contribution in [0.4, 0.5) is 4.39 Å². The van der Waals surface area contributed by atoms with Crippen LogP contribution in [0.3, 0.4) is 0 Å². The van der Waals surface area contributed by atoms with E-state index in [1.165, 1.54) is 6.07 Å². The van der Waals surface area contributed by atoms with Gasteiger partial charge in [-0.3, -0.25) is 9.59 Å². The summed E-state index contributed by atoms with van der Waals surface area (Å²) in [5, 5.41) is 0. The topological polar surface area (TPSA) is 40.6 Å². The molecule has 0 spiro atoms. The molecule has 2 rings (SSSR count). The molecular weight excluding hydrogens is 283 g/mol. The lowest BCUT2D eigenvalue weighted by molar-refractivity contribution is -0.144. The Morgan fingerprint density at radius 2 is 1.59 bits per heavy atom. The molecule has 0 unspecified atom stereocenters. The molecule has 22 heavy (non-hydrogen) atoms. The number of carbonyl (C=O) groups excluding carboxylic acids is 2. The van der Waals surface area contributed by atoms with Gasteiger partial charge < -0.3 is 9.80 Å². The van der Waals surface area contributed by atoms with Crippen LogP contribution in [0.15, 0.2) is 24.3 Å². The van der Waals surface area contributed by atoms with Crippen LogP contribution in [0.2, 0.25) is 0 Å². The zero-order chi connectivity index (χ0) is 16.3. The summed E-state index contributed by atoms with van der Waals surface area (Å²) < 4.78 is 13.6. The fourth-order valence-corrected chi connectivity index (χ4v) is 2.55. The van der Waals surface area contributed by atoms with E-state index < -0.39 is 5.41 Å². The Morgan fingerprint density at radius 1 is 1.05 bits per heavy atom. The van der Waals surface area contributed by atoms with Crippen molar-refractivity contribution in [3.8, 4) is 0 Å². The van der Waals surface area contributed by atoms with Crippen LogP contribution in [0.1, 0.15) is 26.3 Å². The van der Waals surface area contributed by atoms with Crippen molar-refractivity contribution in [3.05, 3.63) is 35.6 Å². The summed E-state index contributed by atoms with van der Waals surface area (Å²) in [7, 11) is 0. The smallest absolute Gasteiger partial charge is 0.228 e. The average Bonchev–Trinajstić information content (AvgIpc) is 2.48. The molecule has 1 aliphatic rings. The third kappa shape index (κ3) is 3.84. The molecule has 0 N–H and O–H groups in total. The maximum absolute atomic E-state index is 13.6. The maximum Gasteiger partial charge on any atom is 0.228 e. The summed E-state index contributed by atoms with van der Waals surface area (Å²) in [6, 6.07) is 6.33. The standard InChI is InChI=1S/C17H23FN2O2/c1-17(2,3)16(22)20-10-8-19(9-11-20)15(21)12-13-6-4-5-7-14(13)18/h4-7H,8-12H2,1-3H3. The van der Waals surface area contributed by atoms with Crippen LogP contribution in [0.25, 0.3) is 0 Å². The van der Waals surface area contributed by atoms with Gasteiger partial charge in [-0.05, 0) is 11.6 Å². The van der Waals surface area contributed by atoms with Crippen molar-refractivity contribution in [2.75, 3.05) is 26.2 Å². The molecule has 0 aliphatic carbocycles. The highest BCUT2D eigenvalue weighted by molar-refractivity contribution is 5.82. The first kappa shape index (κ1) is 16.5. The molecule has 0 aromatic heterocycles. The molecule has 120 valence electrons. The number of nitrogens with zero attached hydrogens (tertiary/aromatic N) is 2. The monoisotopic (exact) mass is 306 g/mol. The molecule has 1 aliphatic heterocycles. The highest BCUT2D eigenvalue weighted by atomic mass is 19.1. The summed E-state index contributed by atoms with van der Waals surface area (Å²) in [6.45, 7) is 7.78. The van der Waals surface area contributed by atoms with E-state index in [9.17, 15) is 14.0 Å². The van der Waals surface area contributed by atoms with Crippen molar-refractivity contribution in [2.45, 2.75) is 27.2 Å². The lowest BCUT2D eigenvalue weighted by Crippen LogP contribution is -2.53. The number of benzene rings is 1. The van der Waals surface area contributed by atoms with Gasteiger partial charge in [0.15, 0.2) is 0 Å². The molecule has 2 amide bonds. The van der Waals surface area contributed by atoms with Gasteiger partial charge in [0.25, 0.3) is 0 Å². The van der Waals surface area contributed by atoms with E-state index in [1.54, 1.807) is 28.0 Å². The van der Waals surface area contributed by atoms with Crippen LogP contribution in [0.5, 0.6) is 0 Å². The molecule has 1 aromatic rings.